The molecule has 1 heterocycles. The van der Waals surface area contributed by atoms with Crippen molar-refractivity contribution in [2.75, 3.05) is 32.1 Å². The van der Waals surface area contributed by atoms with Crippen LogP contribution in [0.2, 0.25) is 0 Å². The van der Waals surface area contributed by atoms with Crippen LogP contribution in [0.15, 0.2) is 24.3 Å². The zero-order valence-corrected chi connectivity index (χ0v) is 11.6. The van der Waals surface area contributed by atoms with Crippen molar-refractivity contribution in [3.63, 3.8) is 0 Å². The Morgan fingerprint density at radius 3 is 2.67 bits per heavy atom. The van der Waals surface area contributed by atoms with Crippen LogP contribution in [0.5, 0.6) is 0 Å². The van der Waals surface area contributed by atoms with E-state index in [0.717, 1.165) is 13.2 Å². The highest BCUT2D eigenvalue weighted by molar-refractivity contribution is 5.47. The molecule has 1 aromatic carbocycles. The Hall–Kier alpha value is -1.06. The minimum atomic E-state index is 0.405. The van der Waals surface area contributed by atoms with Gasteiger partial charge in [-0.3, -0.25) is 0 Å². The maximum Gasteiger partial charge on any atom is 0.0750 e. The van der Waals surface area contributed by atoms with Gasteiger partial charge >= 0.3 is 0 Å². The smallest absolute Gasteiger partial charge is 0.0750 e. The van der Waals surface area contributed by atoms with Gasteiger partial charge in [0.15, 0.2) is 0 Å². The summed E-state index contributed by atoms with van der Waals surface area (Å²) in [4.78, 5) is 2.28. The number of anilines is 1. The number of hydrogen-bond donors (Lipinski definition) is 1. The lowest BCUT2D eigenvalue weighted by molar-refractivity contribution is 0.116. The SMILES string of the molecule is CNC(C)c1ccc(N(C)CC2CCCO2)cc1. The fourth-order valence-corrected chi connectivity index (χ4v) is 2.38. The molecule has 0 aliphatic carbocycles. The number of rotatable bonds is 5. The average Bonchev–Trinajstić information content (AvgIpc) is 2.91. The zero-order valence-electron chi connectivity index (χ0n) is 11.6. The highest BCUT2D eigenvalue weighted by atomic mass is 16.5. The lowest BCUT2D eigenvalue weighted by Gasteiger charge is -2.23. The van der Waals surface area contributed by atoms with E-state index in [1.807, 2.05) is 7.05 Å². The molecule has 2 atom stereocenters. The van der Waals surface area contributed by atoms with Crippen LogP contribution < -0.4 is 10.2 Å². The van der Waals surface area contributed by atoms with E-state index in [2.05, 4.69) is 48.5 Å². The van der Waals surface area contributed by atoms with Crippen LogP contribution in [0.4, 0.5) is 5.69 Å². The zero-order chi connectivity index (χ0) is 13.0. The summed E-state index contributed by atoms with van der Waals surface area (Å²) in [7, 11) is 4.13. The highest BCUT2D eigenvalue weighted by Crippen LogP contribution is 2.20. The molecule has 3 nitrogen and oxygen atoms in total. The second-order valence-corrected chi connectivity index (χ2v) is 5.12. The maximum absolute atomic E-state index is 5.67. The molecular weight excluding hydrogens is 224 g/mol. The first kappa shape index (κ1) is 13.4. The number of likely N-dealkylation sites (N-methyl/N-ethyl adjacent to an activating group) is 1. The fourth-order valence-electron chi connectivity index (χ4n) is 2.38. The molecule has 0 spiro atoms. The number of hydrogen-bond acceptors (Lipinski definition) is 3. The van der Waals surface area contributed by atoms with Crippen molar-refractivity contribution < 1.29 is 4.74 Å². The molecular formula is C15H24N2O. The van der Waals surface area contributed by atoms with Gasteiger partial charge in [-0.2, -0.15) is 0 Å². The first-order valence-electron chi connectivity index (χ1n) is 6.80. The van der Waals surface area contributed by atoms with Gasteiger partial charge < -0.3 is 15.0 Å². The Morgan fingerprint density at radius 2 is 2.11 bits per heavy atom. The quantitative estimate of drug-likeness (QED) is 0.867. The van der Waals surface area contributed by atoms with Crippen molar-refractivity contribution in [1.82, 2.24) is 5.32 Å². The molecule has 2 rings (SSSR count). The van der Waals surface area contributed by atoms with Crippen molar-refractivity contribution in [2.45, 2.75) is 31.9 Å². The van der Waals surface area contributed by atoms with Crippen LogP contribution in [0.1, 0.15) is 31.4 Å². The van der Waals surface area contributed by atoms with E-state index in [1.165, 1.54) is 24.1 Å². The van der Waals surface area contributed by atoms with Crippen LogP contribution >= 0.6 is 0 Å². The van der Waals surface area contributed by atoms with E-state index in [4.69, 9.17) is 4.74 Å². The molecule has 2 unspecified atom stereocenters. The molecule has 1 aliphatic rings. The van der Waals surface area contributed by atoms with E-state index < -0.39 is 0 Å². The topological polar surface area (TPSA) is 24.5 Å². The summed E-state index contributed by atoms with van der Waals surface area (Å²) in [5.41, 5.74) is 2.59. The Labute approximate surface area is 110 Å². The molecule has 0 saturated carbocycles. The largest absolute Gasteiger partial charge is 0.376 e. The molecule has 0 aromatic heterocycles. The molecule has 0 bridgehead atoms. The number of benzene rings is 1. The second kappa shape index (κ2) is 6.21. The summed E-state index contributed by atoms with van der Waals surface area (Å²) in [6.07, 6.45) is 2.81. The van der Waals surface area contributed by atoms with Gasteiger partial charge in [0.2, 0.25) is 0 Å². The van der Waals surface area contributed by atoms with Crippen LogP contribution in [0.3, 0.4) is 0 Å². The molecule has 100 valence electrons. The molecule has 1 aliphatic heterocycles. The fraction of sp³-hybridized carbons (Fsp3) is 0.600. The standard InChI is InChI=1S/C15H24N2O/c1-12(16-2)13-6-8-14(9-7-13)17(3)11-15-5-4-10-18-15/h6-9,12,15-16H,4-5,10-11H2,1-3H3. The predicted octanol–water partition coefficient (Wildman–Crippen LogP) is 2.58. The van der Waals surface area contributed by atoms with Crippen molar-refractivity contribution in [3.8, 4) is 0 Å². The second-order valence-electron chi connectivity index (χ2n) is 5.12. The third-order valence-electron chi connectivity index (χ3n) is 3.77. The monoisotopic (exact) mass is 248 g/mol. The van der Waals surface area contributed by atoms with Crippen molar-refractivity contribution in [1.29, 1.82) is 0 Å². The summed E-state index contributed by atoms with van der Waals surface area (Å²) in [6.45, 7) is 4.09. The molecule has 18 heavy (non-hydrogen) atoms. The van der Waals surface area contributed by atoms with Crippen molar-refractivity contribution in [2.24, 2.45) is 0 Å². The van der Waals surface area contributed by atoms with Crippen molar-refractivity contribution in [3.05, 3.63) is 29.8 Å². The van der Waals surface area contributed by atoms with Crippen LogP contribution in [0, 0.1) is 0 Å². The van der Waals surface area contributed by atoms with E-state index in [1.54, 1.807) is 0 Å². The highest BCUT2D eigenvalue weighted by Gasteiger charge is 2.17. The van der Waals surface area contributed by atoms with Gasteiger partial charge in [-0.1, -0.05) is 12.1 Å². The maximum atomic E-state index is 5.67. The molecule has 1 fully saturated rings. The Kier molecular flexibility index (Phi) is 4.61. The third-order valence-corrected chi connectivity index (χ3v) is 3.77. The van der Waals surface area contributed by atoms with Crippen LogP contribution in [-0.4, -0.2) is 33.4 Å². The van der Waals surface area contributed by atoms with E-state index >= 15 is 0 Å². The van der Waals surface area contributed by atoms with Gasteiger partial charge in [0.05, 0.1) is 6.10 Å². The summed E-state index contributed by atoms with van der Waals surface area (Å²) in [5, 5.41) is 3.26. The van der Waals surface area contributed by atoms with Crippen molar-refractivity contribution >= 4 is 5.69 Å². The molecule has 1 saturated heterocycles. The lowest BCUT2D eigenvalue weighted by atomic mass is 10.1. The van der Waals surface area contributed by atoms with Crippen LogP contribution in [-0.2, 0) is 4.74 Å². The van der Waals surface area contributed by atoms with Gasteiger partial charge in [0.25, 0.3) is 0 Å². The Morgan fingerprint density at radius 1 is 1.39 bits per heavy atom. The third kappa shape index (κ3) is 3.24. The predicted molar refractivity (Wildman–Crippen MR) is 76.2 cm³/mol. The minimum Gasteiger partial charge on any atom is -0.376 e. The number of nitrogens with zero attached hydrogens (tertiary/aromatic N) is 1. The van der Waals surface area contributed by atoms with E-state index in [0.29, 0.717) is 12.1 Å². The van der Waals surface area contributed by atoms with Gasteiger partial charge in [-0.15, -0.1) is 0 Å². The summed E-state index contributed by atoms with van der Waals surface area (Å²) in [6, 6.07) is 9.18. The first-order valence-corrected chi connectivity index (χ1v) is 6.80. The average molecular weight is 248 g/mol. The minimum absolute atomic E-state index is 0.405. The Bertz CT molecular complexity index is 357. The van der Waals surface area contributed by atoms with Gasteiger partial charge in [-0.25, -0.2) is 0 Å². The first-order chi connectivity index (χ1) is 8.70. The van der Waals surface area contributed by atoms with E-state index in [9.17, 15) is 0 Å². The van der Waals surface area contributed by atoms with Gasteiger partial charge in [-0.05, 0) is 44.5 Å². The lowest BCUT2D eigenvalue weighted by Crippen LogP contribution is -2.28. The summed E-state index contributed by atoms with van der Waals surface area (Å²) < 4.78 is 5.67. The van der Waals surface area contributed by atoms with Crippen LogP contribution in [0.25, 0.3) is 0 Å². The molecule has 3 heteroatoms. The summed E-state index contributed by atoms with van der Waals surface area (Å²) in [5.74, 6) is 0. The normalized spacial score (nSPS) is 20.9. The number of nitrogens with one attached hydrogen (secondary N) is 1. The number of ether oxygens (including phenoxy) is 1. The Balaban J connectivity index is 1.95. The molecule has 0 radical (unpaired) electrons. The molecule has 1 N–H and O–H groups in total. The van der Waals surface area contributed by atoms with E-state index in [-0.39, 0.29) is 0 Å². The molecule has 1 aromatic rings. The van der Waals surface area contributed by atoms with Gasteiger partial charge in [0.1, 0.15) is 0 Å². The van der Waals surface area contributed by atoms with Gasteiger partial charge in [0, 0.05) is 31.9 Å². The molecule has 0 amide bonds. The summed E-state index contributed by atoms with van der Waals surface area (Å²) >= 11 is 0.